The Morgan fingerprint density at radius 2 is 1.89 bits per heavy atom. The Hall–Kier alpha value is -0.882. The van der Waals surface area contributed by atoms with Gasteiger partial charge >= 0.3 is 0 Å². The van der Waals surface area contributed by atoms with Gasteiger partial charge in [0, 0.05) is 38.9 Å². The Labute approximate surface area is 130 Å². The van der Waals surface area contributed by atoms with E-state index in [9.17, 15) is 0 Å². The van der Waals surface area contributed by atoms with Gasteiger partial charge in [-0.3, -0.25) is 4.68 Å². The normalized spacial score (nSPS) is 10.6. The number of benzene rings is 1. The van der Waals surface area contributed by atoms with Gasteiger partial charge in [-0.15, -0.1) is 0 Å². The van der Waals surface area contributed by atoms with Crippen molar-refractivity contribution in [1.29, 1.82) is 0 Å². The summed E-state index contributed by atoms with van der Waals surface area (Å²) in [6.07, 6.45) is 5.20. The van der Waals surface area contributed by atoms with Crippen LogP contribution in [0.5, 0.6) is 0 Å². The van der Waals surface area contributed by atoms with Crippen molar-refractivity contribution in [1.82, 2.24) is 9.78 Å². The van der Waals surface area contributed by atoms with Crippen molar-refractivity contribution in [2.75, 3.05) is 0 Å². The van der Waals surface area contributed by atoms with Crippen molar-refractivity contribution in [3.63, 3.8) is 0 Å². The minimum atomic E-state index is 0. The van der Waals surface area contributed by atoms with Gasteiger partial charge in [0.25, 0.3) is 0 Å². The quantitative estimate of drug-likeness (QED) is 0.700. The molecule has 1 heterocycles. The SMILES string of the molecule is CCc1cc(C)cc(C)c1-c1cnn(C(C)C)c1.[Pt]. The third kappa shape index (κ3) is 3.36. The third-order valence-electron chi connectivity index (χ3n) is 3.36. The van der Waals surface area contributed by atoms with E-state index in [0.717, 1.165) is 6.42 Å². The Morgan fingerprint density at radius 1 is 1.21 bits per heavy atom. The minimum absolute atomic E-state index is 0. The molecule has 0 N–H and O–H groups in total. The van der Waals surface area contributed by atoms with E-state index < -0.39 is 0 Å². The van der Waals surface area contributed by atoms with Gasteiger partial charge in [-0.2, -0.15) is 5.10 Å². The van der Waals surface area contributed by atoms with Crippen molar-refractivity contribution in [2.45, 2.75) is 47.1 Å². The summed E-state index contributed by atoms with van der Waals surface area (Å²) in [7, 11) is 0. The molecule has 0 fully saturated rings. The second-order valence-electron chi connectivity index (χ2n) is 5.27. The number of rotatable bonds is 3. The molecule has 0 saturated carbocycles. The maximum Gasteiger partial charge on any atom is 0.0568 e. The predicted octanol–water partition coefficient (Wildman–Crippen LogP) is 4.31. The maximum absolute atomic E-state index is 4.45. The van der Waals surface area contributed by atoms with E-state index in [-0.39, 0.29) is 21.1 Å². The zero-order valence-electron chi connectivity index (χ0n) is 12.3. The molecule has 2 rings (SSSR count). The van der Waals surface area contributed by atoms with Crippen LogP contribution in [-0.2, 0) is 27.5 Å². The Morgan fingerprint density at radius 3 is 2.42 bits per heavy atom. The van der Waals surface area contributed by atoms with E-state index in [2.05, 4.69) is 58.0 Å². The van der Waals surface area contributed by atoms with Crippen LogP contribution < -0.4 is 0 Å². The predicted molar refractivity (Wildman–Crippen MR) is 76.9 cm³/mol. The fraction of sp³-hybridized carbons (Fsp3) is 0.438. The summed E-state index contributed by atoms with van der Waals surface area (Å²) in [6, 6.07) is 4.95. The minimum Gasteiger partial charge on any atom is -0.270 e. The zero-order chi connectivity index (χ0) is 13.3. The van der Waals surface area contributed by atoms with E-state index >= 15 is 0 Å². The molecule has 0 bridgehead atoms. The zero-order valence-corrected chi connectivity index (χ0v) is 14.6. The number of aryl methyl sites for hydroxylation is 3. The molecule has 0 amide bonds. The summed E-state index contributed by atoms with van der Waals surface area (Å²) < 4.78 is 2.02. The van der Waals surface area contributed by atoms with E-state index in [1.54, 1.807) is 0 Å². The number of aromatic nitrogens is 2. The molecule has 1 aromatic carbocycles. The van der Waals surface area contributed by atoms with Crippen LogP contribution in [0.2, 0.25) is 0 Å². The van der Waals surface area contributed by atoms with Gasteiger partial charge in [0.05, 0.1) is 6.20 Å². The molecule has 0 unspecified atom stereocenters. The van der Waals surface area contributed by atoms with E-state index in [0.29, 0.717) is 6.04 Å². The molecule has 0 saturated heterocycles. The molecule has 0 spiro atoms. The third-order valence-corrected chi connectivity index (χ3v) is 3.36. The van der Waals surface area contributed by atoms with Crippen LogP contribution in [0.4, 0.5) is 0 Å². The van der Waals surface area contributed by atoms with Crippen LogP contribution in [-0.4, -0.2) is 9.78 Å². The van der Waals surface area contributed by atoms with Crippen molar-refractivity contribution >= 4 is 0 Å². The molecular weight excluding hydrogens is 415 g/mol. The number of nitrogens with zero attached hydrogens (tertiary/aromatic N) is 2. The van der Waals surface area contributed by atoms with E-state index in [1.165, 1.54) is 27.8 Å². The Kier molecular flexibility index (Phi) is 5.55. The van der Waals surface area contributed by atoms with Gasteiger partial charge in [0.15, 0.2) is 0 Å². The van der Waals surface area contributed by atoms with Crippen molar-refractivity contribution in [3.8, 4) is 11.1 Å². The van der Waals surface area contributed by atoms with Gasteiger partial charge in [0.1, 0.15) is 0 Å². The van der Waals surface area contributed by atoms with Crippen molar-refractivity contribution in [2.24, 2.45) is 0 Å². The first-order valence-electron chi connectivity index (χ1n) is 6.67. The molecule has 19 heavy (non-hydrogen) atoms. The first kappa shape index (κ1) is 16.2. The van der Waals surface area contributed by atoms with Crippen LogP contribution in [0, 0.1) is 13.8 Å². The first-order valence-corrected chi connectivity index (χ1v) is 6.67. The van der Waals surface area contributed by atoms with Crippen LogP contribution in [0.3, 0.4) is 0 Å². The average Bonchev–Trinajstić information content (AvgIpc) is 2.77. The molecule has 2 aromatic rings. The summed E-state index contributed by atoms with van der Waals surface area (Å²) in [6.45, 7) is 10.9. The molecular formula is C16H22N2Pt. The number of hydrogen-bond acceptors (Lipinski definition) is 1. The molecule has 0 aliphatic rings. The van der Waals surface area contributed by atoms with Crippen LogP contribution in [0.15, 0.2) is 24.5 Å². The van der Waals surface area contributed by atoms with Gasteiger partial charge < -0.3 is 0 Å². The first-order chi connectivity index (χ1) is 8.52. The molecule has 3 heteroatoms. The topological polar surface area (TPSA) is 17.8 Å². The van der Waals surface area contributed by atoms with Gasteiger partial charge in [-0.1, -0.05) is 24.6 Å². The molecule has 0 atom stereocenters. The molecule has 0 aliphatic heterocycles. The van der Waals surface area contributed by atoms with Gasteiger partial charge in [-0.25, -0.2) is 0 Å². The second kappa shape index (κ2) is 6.52. The standard InChI is InChI=1S/C16H22N2.Pt/c1-6-14-8-12(4)7-13(5)16(14)15-9-17-18(10-15)11(2)3;/h7-11H,6H2,1-5H3;. The molecule has 2 nitrogen and oxygen atoms in total. The maximum atomic E-state index is 4.45. The fourth-order valence-corrected chi connectivity index (χ4v) is 2.50. The second-order valence-corrected chi connectivity index (χ2v) is 5.27. The fourth-order valence-electron chi connectivity index (χ4n) is 2.50. The van der Waals surface area contributed by atoms with Gasteiger partial charge in [0.2, 0.25) is 0 Å². The van der Waals surface area contributed by atoms with Crippen LogP contribution >= 0.6 is 0 Å². The number of hydrogen-bond donors (Lipinski definition) is 0. The summed E-state index contributed by atoms with van der Waals surface area (Å²) in [5.74, 6) is 0. The van der Waals surface area contributed by atoms with Crippen molar-refractivity contribution in [3.05, 3.63) is 41.2 Å². The average molecular weight is 437 g/mol. The molecule has 1 aromatic heterocycles. The molecule has 0 radical (unpaired) electrons. The molecule has 106 valence electrons. The Balaban J connectivity index is 0.00000180. The summed E-state index contributed by atoms with van der Waals surface area (Å²) in [5, 5.41) is 4.45. The van der Waals surface area contributed by atoms with E-state index in [4.69, 9.17) is 0 Å². The Bertz CT molecular complexity index is 556. The monoisotopic (exact) mass is 437 g/mol. The summed E-state index contributed by atoms with van der Waals surface area (Å²) in [5.41, 5.74) is 6.68. The van der Waals surface area contributed by atoms with Crippen molar-refractivity contribution < 1.29 is 21.1 Å². The summed E-state index contributed by atoms with van der Waals surface area (Å²) in [4.78, 5) is 0. The van der Waals surface area contributed by atoms with Crippen LogP contribution in [0.25, 0.3) is 11.1 Å². The summed E-state index contributed by atoms with van der Waals surface area (Å²) >= 11 is 0. The largest absolute Gasteiger partial charge is 0.270 e. The van der Waals surface area contributed by atoms with Gasteiger partial charge in [-0.05, 0) is 50.8 Å². The van der Waals surface area contributed by atoms with E-state index in [1.807, 2.05) is 10.9 Å². The molecule has 0 aliphatic carbocycles. The smallest absolute Gasteiger partial charge is 0.0568 e. The van der Waals surface area contributed by atoms with Crippen LogP contribution in [0.1, 0.15) is 43.5 Å².